The Balaban J connectivity index is 1.53. The minimum absolute atomic E-state index is 1.02. The molecular weight excluding hydrogens is 480 g/mol. The van der Waals surface area contributed by atoms with Crippen molar-refractivity contribution in [1.29, 1.82) is 0 Å². The number of aryl methyl sites for hydroxylation is 1. The third kappa shape index (κ3) is 3.84. The second-order valence-electron chi connectivity index (χ2n) is 10.5. The molecule has 1 aliphatic rings. The van der Waals surface area contributed by atoms with Crippen molar-refractivity contribution >= 4 is 45.3 Å². The van der Waals surface area contributed by atoms with Gasteiger partial charge in [0.15, 0.2) is 0 Å². The number of fused-ring (bicyclic) bond motifs is 3. The number of hydrogen-bond acceptors (Lipinski definition) is 0. The predicted molar refractivity (Wildman–Crippen MR) is 175 cm³/mol. The fraction of sp³-hybridized carbons (Fsp3) is 0.0500. The van der Waals surface area contributed by atoms with E-state index >= 15 is 0 Å². The summed E-state index contributed by atoms with van der Waals surface area (Å²) in [4.78, 5) is 0. The second-order valence-corrected chi connectivity index (χ2v) is 10.5. The molecule has 40 heavy (non-hydrogen) atoms. The average molecular weight is 511 g/mol. The van der Waals surface area contributed by atoms with Gasteiger partial charge in [-0.25, -0.2) is 0 Å². The summed E-state index contributed by atoms with van der Waals surface area (Å²) < 4.78 is 0. The highest BCUT2D eigenvalue weighted by Crippen LogP contribution is 2.46. The summed E-state index contributed by atoms with van der Waals surface area (Å²) in [6, 6.07) is 41.7. The van der Waals surface area contributed by atoms with Crippen LogP contribution in [0.25, 0.3) is 67.6 Å². The van der Waals surface area contributed by atoms with Gasteiger partial charge in [-0.05, 0) is 90.0 Å². The van der Waals surface area contributed by atoms with E-state index in [1.54, 1.807) is 0 Å². The quantitative estimate of drug-likeness (QED) is 0.202. The Bertz CT molecular complexity index is 1910. The first kappa shape index (κ1) is 24.1. The van der Waals surface area contributed by atoms with Crippen molar-refractivity contribution in [3.05, 3.63) is 156 Å². The molecule has 0 N–H and O–H groups in total. The summed E-state index contributed by atoms with van der Waals surface area (Å²) in [5, 5.41) is 5.01. The maximum atomic E-state index is 4.31. The molecule has 0 fully saturated rings. The van der Waals surface area contributed by atoms with Crippen molar-refractivity contribution < 1.29 is 0 Å². The van der Waals surface area contributed by atoms with E-state index in [4.69, 9.17) is 0 Å². The van der Waals surface area contributed by atoms with Crippen LogP contribution in [0.3, 0.4) is 0 Å². The molecule has 0 atom stereocenters. The lowest BCUT2D eigenvalue weighted by molar-refractivity contribution is 1.00. The SMILES string of the molecule is C=Cc1c(C2=Cc3ccccc3CC2)ccc(-c2c3ccccc3c(-c3ccccc3)c3ccccc23)c1C=C. The van der Waals surface area contributed by atoms with Gasteiger partial charge in [0, 0.05) is 0 Å². The minimum Gasteiger partial charge on any atom is -0.0984 e. The van der Waals surface area contributed by atoms with Crippen LogP contribution in [-0.4, -0.2) is 0 Å². The third-order valence-electron chi connectivity index (χ3n) is 8.35. The molecule has 1 aliphatic carbocycles. The fourth-order valence-electron chi connectivity index (χ4n) is 6.55. The van der Waals surface area contributed by atoms with Gasteiger partial charge in [0.25, 0.3) is 0 Å². The van der Waals surface area contributed by atoms with Crippen LogP contribution >= 0.6 is 0 Å². The van der Waals surface area contributed by atoms with Crippen LogP contribution in [-0.2, 0) is 6.42 Å². The van der Waals surface area contributed by atoms with E-state index in [0.29, 0.717) is 0 Å². The van der Waals surface area contributed by atoms with E-state index in [9.17, 15) is 0 Å². The molecule has 0 amide bonds. The molecule has 0 saturated carbocycles. The van der Waals surface area contributed by atoms with Crippen LogP contribution in [0.15, 0.2) is 128 Å². The third-order valence-corrected chi connectivity index (χ3v) is 8.35. The molecule has 0 aromatic heterocycles. The van der Waals surface area contributed by atoms with E-state index in [2.05, 4.69) is 134 Å². The summed E-state index contributed by atoms with van der Waals surface area (Å²) in [6.07, 6.45) is 8.46. The first-order valence-corrected chi connectivity index (χ1v) is 14.0. The van der Waals surface area contributed by atoms with E-state index in [1.807, 2.05) is 12.2 Å². The zero-order chi connectivity index (χ0) is 27.1. The van der Waals surface area contributed by atoms with Crippen molar-refractivity contribution in [2.45, 2.75) is 12.8 Å². The van der Waals surface area contributed by atoms with Gasteiger partial charge < -0.3 is 0 Å². The van der Waals surface area contributed by atoms with Gasteiger partial charge in [-0.15, -0.1) is 0 Å². The van der Waals surface area contributed by atoms with Gasteiger partial charge in [0.1, 0.15) is 0 Å². The molecule has 0 bridgehead atoms. The summed E-state index contributed by atoms with van der Waals surface area (Å²) >= 11 is 0. The van der Waals surface area contributed by atoms with Crippen LogP contribution in [0.4, 0.5) is 0 Å². The molecule has 190 valence electrons. The fourth-order valence-corrected chi connectivity index (χ4v) is 6.55. The lowest BCUT2D eigenvalue weighted by Gasteiger charge is -2.23. The Kier molecular flexibility index (Phi) is 6.02. The molecule has 6 aromatic carbocycles. The molecule has 6 aromatic rings. The maximum absolute atomic E-state index is 4.31. The van der Waals surface area contributed by atoms with Crippen molar-refractivity contribution in [2.24, 2.45) is 0 Å². The average Bonchev–Trinajstić information content (AvgIpc) is 3.03. The molecule has 0 aliphatic heterocycles. The van der Waals surface area contributed by atoms with Crippen molar-refractivity contribution in [2.75, 3.05) is 0 Å². The van der Waals surface area contributed by atoms with Crippen LogP contribution < -0.4 is 0 Å². The first-order chi connectivity index (χ1) is 19.8. The molecule has 0 nitrogen and oxygen atoms in total. The highest BCUT2D eigenvalue weighted by Gasteiger charge is 2.21. The maximum Gasteiger partial charge on any atom is -0.00201 e. The second kappa shape index (κ2) is 9.98. The van der Waals surface area contributed by atoms with Crippen molar-refractivity contribution in [3.8, 4) is 22.3 Å². The van der Waals surface area contributed by atoms with E-state index in [0.717, 1.165) is 24.0 Å². The largest absolute Gasteiger partial charge is 0.0984 e. The van der Waals surface area contributed by atoms with Gasteiger partial charge in [-0.2, -0.15) is 0 Å². The molecule has 0 spiro atoms. The van der Waals surface area contributed by atoms with E-state index in [-0.39, 0.29) is 0 Å². The minimum atomic E-state index is 1.02. The number of allylic oxidation sites excluding steroid dienone is 1. The zero-order valence-electron chi connectivity index (χ0n) is 22.5. The summed E-state index contributed by atoms with van der Waals surface area (Å²) in [5.41, 5.74) is 12.6. The molecule has 0 radical (unpaired) electrons. The molecule has 0 heterocycles. The summed E-state index contributed by atoms with van der Waals surface area (Å²) in [5.74, 6) is 0. The van der Waals surface area contributed by atoms with Gasteiger partial charge in [0.2, 0.25) is 0 Å². The van der Waals surface area contributed by atoms with Gasteiger partial charge in [-0.3, -0.25) is 0 Å². The smallest absolute Gasteiger partial charge is 0.00201 e. The normalized spacial score (nSPS) is 12.7. The van der Waals surface area contributed by atoms with Gasteiger partial charge in [0.05, 0.1) is 0 Å². The van der Waals surface area contributed by atoms with Crippen molar-refractivity contribution in [1.82, 2.24) is 0 Å². The first-order valence-electron chi connectivity index (χ1n) is 14.0. The Morgan fingerprint density at radius 2 is 1.00 bits per heavy atom. The Morgan fingerprint density at radius 1 is 0.475 bits per heavy atom. The summed E-state index contributed by atoms with van der Waals surface area (Å²) in [7, 11) is 0. The number of hydrogen-bond donors (Lipinski definition) is 0. The van der Waals surface area contributed by atoms with Crippen LogP contribution in [0.1, 0.15) is 34.2 Å². The van der Waals surface area contributed by atoms with Crippen molar-refractivity contribution in [3.63, 3.8) is 0 Å². The summed E-state index contributed by atoms with van der Waals surface area (Å²) in [6.45, 7) is 8.58. The van der Waals surface area contributed by atoms with Crippen LogP contribution in [0.2, 0.25) is 0 Å². The monoisotopic (exact) mass is 510 g/mol. The zero-order valence-corrected chi connectivity index (χ0v) is 22.5. The standard InChI is InChI=1S/C40H30/c1-3-31-32(4-2)38(25-24-33(31)30-23-22-27-14-8-9-17-29(27)26-30)40-36-20-12-10-18-34(36)39(28-15-6-5-7-16-28)35-19-11-13-21-37(35)40/h3-21,24-26H,1-2,22-23H2. The Labute approximate surface area is 236 Å². The molecule has 0 saturated heterocycles. The number of rotatable bonds is 5. The van der Waals surface area contributed by atoms with E-state index < -0.39 is 0 Å². The molecule has 0 unspecified atom stereocenters. The van der Waals surface area contributed by atoms with Crippen LogP contribution in [0.5, 0.6) is 0 Å². The van der Waals surface area contributed by atoms with Gasteiger partial charge in [-0.1, -0.05) is 147 Å². The number of benzene rings is 6. The Hall–Kier alpha value is -4.94. The van der Waals surface area contributed by atoms with Crippen LogP contribution in [0, 0.1) is 0 Å². The molecular formula is C40H30. The lowest BCUT2D eigenvalue weighted by Crippen LogP contribution is -2.02. The lowest BCUT2D eigenvalue weighted by atomic mass is 9.81. The van der Waals surface area contributed by atoms with Gasteiger partial charge >= 0.3 is 0 Å². The highest BCUT2D eigenvalue weighted by atomic mass is 14.2. The Morgan fingerprint density at radius 3 is 1.65 bits per heavy atom. The molecule has 7 rings (SSSR count). The van der Waals surface area contributed by atoms with E-state index in [1.165, 1.54) is 66.1 Å². The topological polar surface area (TPSA) is 0 Å². The predicted octanol–water partition coefficient (Wildman–Crippen LogP) is 11.1. The molecule has 0 heteroatoms. The highest BCUT2D eigenvalue weighted by molar-refractivity contribution is 6.22.